The molecular formula is C36H31F3N6O3. The molecule has 0 unspecified atom stereocenters. The minimum Gasteiger partial charge on any atom is -0.339 e. The number of aryl methyl sites for hydroxylation is 1. The number of nitrogens with one attached hydrogen (secondary N) is 2. The number of hydrogen-bond donors (Lipinski definition) is 2. The second-order valence-corrected chi connectivity index (χ2v) is 11.8. The fourth-order valence-corrected chi connectivity index (χ4v) is 6.02. The lowest BCUT2D eigenvalue weighted by molar-refractivity contribution is -0.137. The number of rotatable bonds is 8. The molecule has 2 atom stereocenters. The van der Waals surface area contributed by atoms with Crippen LogP contribution in [0.25, 0.3) is 5.69 Å². The highest BCUT2D eigenvalue weighted by Crippen LogP contribution is 2.44. The Kier molecular flexibility index (Phi) is 8.62. The molecule has 2 aliphatic rings. The highest BCUT2D eigenvalue weighted by atomic mass is 19.4. The van der Waals surface area contributed by atoms with E-state index in [1.807, 2.05) is 36.4 Å². The molecule has 1 aromatic heterocycles. The van der Waals surface area contributed by atoms with Gasteiger partial charge in [-0.1, -0.05) is 42.5 Å². The molecule has 1 aliphatic heterocycles. The van der Waals surface area contributed by atoms with Crippen molar-refractivity contribution in [3.8, 4) is 11.8 Å². The highest BCUT2D eigenvalue weighted by Gasteiger charge is 2.45. The van der Waals surface area contributed by atoms with E-state index in [-0.39, 0.29) is 23.6 Å². The summed E-state index contributed by atoms with van der Waals surface area (Å²) in [6, 6.07) is 20.7. The van der Waals surface area contributed by atoms with Gasteiger partial charge < -0.3 is 10.6 Å². The summed E-state index contributed by atoms with van der Waals surface area (Å²) in [5.41, 5.74) is 1.55. The third-order valence-corrected chi connectivity index (χ3v) is 8.46. The first-order valence-corrected chi connectivity index (χ1v) is 15.5. The monoisotopic (exact) mass is 652 g/mol. The first kappa shape index (κ1) is 32.2. The van der Waals surface area contributed by atoms with Crippen molar-refractivity contribution in [1.29, 1.82) is 5.26 Å². The Morgan fingerprint density at radius 3 is 2.44 bits per heavy atom. The molecule has 9 nitrogen and oxygen atoms in total. The van der Waals surface area contributed by atoms with Crippen molar-refractivity contribution in [1.82, 2.24) is 15.1 Å². The predicted octanol–water partition coefficient (Wildman–Crippen LogP) is 6.30. The van der Waals surface area contributed by atoms with E-state index in [0.29, 0.717) is 34.0 Å². The topological polar surface area (TPSA) is 120 Å². The summed E-state index contributed by atoms with van der Waals surface area (Å²) in [6.45, 7) is 3.78. The molecule has 12 heteroatoms. The summed E-state index contributed by atoms with van der Waals surface area (Å²) < 4.78 is 42.2. The Labute approximate surface area is 274 Å². The zero-order valence-corrected chi connectivity index (χ0v) is 26.1. The van der Waals surface area contributed by atoms with Crippen LogP contribution in [0.15, 0.2) is 90.5 Å². The number of nitriles is 1. The third kappa shape index (κ3) is 6.31. The van der Waals surface area contributed by atoms with Gasteiger partial charge in [-0.15, -0.1) is 0 Å². The van der Waals surface area contributed by atoms with Crippen LogP contribution in [0.3, 0.4) is 0 Å². The lowest BCUT2D eigenvalue weighted by Gasteiger charge is -2.38. The van der Waals surface area contributed by atoms with E-state index in [1.165, 1.54) is 11.0 Å². The van der Waals surface area contributed by atoms with Gasteiger partial charge in [-0.3, -0.25) is 19.3 Å². The van der Waals surface area contributed by atoms with Crippen LogP contribution in [0.4, 0.5) is 24.7 Å². The minimum absolute atomic E-state index is 0.00262. The Morgan fingerprint density at radius 1 is 1.04 bits per heavy atom. The number of likely N-dealkylation sites (N-methyl/N-ethyl adjacent to an activating group) is 1. The van der Waals surface area contributed by atoms with Crippen LogP contribution in [0, 0.1) is 24.2 Å². The van der Waals surface area contributed by atoms with Crippen molar-refractivity contribution in [2.45, 2.75) is 44.8 Å². The average molecular weight is 653 g/mol. The van der Waals surface area contributed by atoms with Crippen molar-refractivity contribution in [2.75, 3.05) is 16.8 Å². The van der Waals surface area contributed by atoms with Crippen LogP contribution in [-0.4, -0.2) is 40.1 Å². The second-order valence-electron chi connectivity index (χ2n) is 11.8. The average Bonchev–Trinajstić information content (AvgIpc) is 3.84. The number of fused-ring (bicyclic) bond motifs is 1. The Morgan fingerprint density at radius 2 is 1.77 bits per heavy atom. The normalized spacial score (nSPS) is 17.8. The van der Waals surface area contributed by atoms with Crippen molar-refractivity contribution in [3.63, 3.8) is 0 Å². The van der Waals surface area contributed by atoms with Gasteiger partial charge in [-0.2, -0.15) is 23.5 Å². The number of carbonyl (C=O) groups is 3. The fourth-order valence-electron chi connectivity index (χ4n) is 6.02. The van der Waals surface area contributed by atoms with Gasteiger partial charge in [0.05, 0.1) is 16.9 Å². The number of halogens is 3. The number of alkyl halides is 3. The number of anilines is 2. The molecule has 6 rings (SSSR count). The van der Waals surface area contributed by atoms with Crippen molar-refractivity contribution >= 4 is 29.2 Å². The van der Waals surface area contributed by atoms with Crippen LogP contribution in [0.1, 0.15) is 58.4 Å². The summed E-state index contributed by atoms with van der Waals surface area (Å²) in [6.07, 6.45) is -1.17. The second kappa shape index (κ2) is 12.8. The summed E-state index contributed by atoms with van der Waals surface area (Å²) >= 11 is 0. The molecule has 4 aromatic rings. The van der Waals surface area contributed by atoms with E-state index < -0.39 is 41.4 Å². The van der Waals surface area contributed by atoms with Crippen LogP contribution >= 0.6 is 0 Å². The Balaban J connectivity index is 1.45. The zero-order valence-electron chi connectivity index (χ0n) is 26.1. The molecular weight excluding hydrogens is 621 g/mol. The largest absolute Gasteiger partial charge is 0.416 e. The van der Waals surface area contributed by atoms with Crippen molar-refractivity contribution in [2.24, 2.45) is 5.92 Å². The molecule has 1 saturated carbocycles. The fraction of sp³-hybridized carbons (Fsp3) is 0.250. The summed E-state index contributed by atoms with van der Waals surface area (Å²) in [4.78, 5) is 42.4. The third-order valence-electron chi connectivity index (χ3n) is 8.46. The zero-order chi connectivity index (χ0) is 34.2. The Bertz CT molecular complexity index is 1970. The van der Waals surface area contributed by atoms with Gasteiger partial charge in [0.25, 0.3) is 17.7 Å². The molecule has 3 aromatic carbocycles. The number of aromatic nitrogens is 2. The van der Waals surface area contributed by atoms with Gasteiger partial charge in [-0.05, 0) is 80.6 Å². The lowest BCUT2D eigenvalue weighted by atomic mass is 9.81. The van der Waals surface area contributed by atoms with Crippen LogP contribution in [0.5, 0.6) is 0 Å². The van der Waals surface area contributed by atoms with Crippen LogP contribution in [0.2, 0.25) is 0 Å². The number of amides is 3. The van der Waals surface area contributed by atoms with Gasteiger partial charge in [0.2, 0.25) is 0 Å². The number of nitrogens with zero attached hydrogens (tertiary/aromatic N) is 4. The first-order chi connectivity index (χ1) is 23.0. The van der Waals surface area contributed by atoms with Crippen LogP contribution in [-0.2, 0) is 15.8 Å². The molecule has 3 amide bonds. The molecule has 1 aliphatic carbocycles. The molecule has 244 valence electrons. The Hall–Kier alpha value is -5.70. The van der Waals surface area contributed by atoms with Gasteiger partial charge in [0, 0.05) is 29.3 Å². The van der Waals surface area contributed by atoms with Crippen LogP contribution < -0.4 is 15.5 Å². The van der Waals surface area contributed by atoms with Gasteiger partial charge in [0.15, 0.2) is 0 Å². The van der Waals surface area contributed by atoms with Gasteiger partial charge in [-0.25, -0.2) is 4.68 Å². The lowest BCUT2D eigenvalue weighted by Crippen LogP contribution is -2.55. The maximum absolute atomic E-state index is 14.4. The summed E-state index contributed by atoms with van der Waals surface area (Å²) in [7, 11) is 0. The van der Waals surface area contributed by atoms with E-state index in [4.69, 9.17) is 5.10 Å². The predicted molar refractivity (Wildman–Crippen MR) is 172 cm³/mol. The number of hydrogen-bond acceptors (Lipinski definition) is 5. The number of carbonyl (C=O) groups excluding carboxylic acids is 3. The number of para-hydroxylation sites is 1. The van der Waals surface area contributed by atoms with E-state index in [2.05, 4.69) is 10.6 Å². The molecule has 0 spiro atoms. The minimum atomic E-state index is -4.67. The molecule has 0 saturated heterocycles. The summed E-state index contributed by atoms with van der Waals surface area (Å²) in [5, 5.41) is 19.9. The maximum atomic E-state index is 14.4. The highest BCUT2D eigenvalue weighted by molar-refractivity contribution is 6.07. The van der Waals surface area contributed by atoms with Gasteiger partial charge in [0.1, 0.15) is 23.5 Å². The van der Waals surface area contributed by atoms with Crippen molar-refractivity contribution < 1.29 is 27.6 Å². The van der Waals surface area contributed by atoms with E-state index in [1.54, 1.807) is 48.9 Å². The smallest absolute Gasteiger partial charge is 0.339 e. The van der Waals surface area contributed by atoms with E-state index in [9.17, 15) is 32.8 Å². The first-order valence-electron chi connectivity index (χ1n) is 15.5. The number of allylic oxidation sites excluding steroid dienone is 1. The molecule has 2 heterocycles. The molecule has 48 heavy (non-hydrogen) atoms. The molecule has 2 N–H and O–H groups in total. The maximum Gasteiger partial charge on any atom is 0.416 e. The molecule has 0 radical (unpaired) electrons. The number of benzene rings is 3. The molecule has 0 bridgehead atoms. The van der Waals surface area contributed by atoms with Gasteiger partial charge >= 0.3 is 6.18 Å². The molecule has 1 fully saturated rings. The summed E-state index contributed by atoms with van der Waals surface area (Å²) in [5.74, 6) is -2.06. The quantitative estimate of drug-likeness (QED) is 0.171. The van der Waals surface area contributed by atoms with Crippen molar-refractivity contribution in [3.05, 3.63) is 118 Å². The van der Waals surface area contributed by atoms with E-state index >= 15 is 0 Å². The standard InChI is InChI=1S/C36H31F3N6O3/c1-3-44-34-29(21(2)43-45(34)28-13-5-4-6-14-28)30(23-9-8-12-27(19-23)41-33(47)25(20-40)17-22-15-16-22)31(35(44)48)42-32(46)24-10-7-11-26(18-24)36(37,38)39/h4-14,17-19,22,30-31H,3,15-16H2,1-2H3,(H,41,47)(H,42,46)/b25-17+/t30-,31+/m0/s1. The van der Waals surface area contributed by atoms with E-state index in [0.717, 1.165) is 31.0 Å². The SMILES string of the molecule is CCN1C(=O)[C@H](NC(=O)c2cccc(C(F)(F)F)c2)[C@@H](c2cccc(NC(=O)/C(C#N)=C/C3CC3)c2)c2c(C)nn(-c3ccccc3)c21.